The number of nitrogens with zero attached hydrogens (tertiary/aromatic N) is 3. The van der Waals surface area contributed by atoms with Crippen molar-refractivity contribution in [1.82, 2.24) is 20.3 Å². The fourth-order valence-corrected chi connectivity index (χ4v) is 5.97. The maximum absolute atomic E-state index is 12.6. The van der Waals surface area contributed by atoms with Crippen LogP contribution in [0.1, 0.15) is 41.0 Å². The van der Waals surface area contributed by atoms with Gasteiger partial charge in [0.15, 0.2) is 0 Å². The summed E-state index contributed by atoms with van der Waals surface area (Å²) in [5.41, 5.74) is 3.36. The zero-order chi connectivity index (χ0) is 19.3. The second-order valence-electron chi connectivity index (χ2n) is 6.98. The summed E-state index contributed by atoms with van der Waals surface area (Å²) < 4.78 is 5.08. The second-order valence-corrected chi connectivity index (χ2v) is 9.15. The number of hydrogen-bond donors (Lipinski definition) is 1. The van der Waals surface area contributed by atoms with Crippen molar-refractivity contribution in [2.75, 3.05) is 20.3 Å². The molecule has 1 aliphatic rings. The minimum atomic E-state index is 0.311. The van der Waals surface area contributed by atoms with Gasteiger partial charge in [0.1, 0.15) is 27.5 Å². The zero-order valence-corrected chi connectivity index (χ0v) is 17.6. The SMILES string of the molecule is COCCCCCC(=O)Cc1sc2c(c1-c1nc3cncnc3s1)CCNC2. The Morgan fingerprint density at radius 2 is 2.21 bits per heavy atom. The van der Waals surface area contributed by atoms with Gasteiger partial charge in [0.25, 0.3) is 0 Å². The van der Waals surface area contributed by atoms with Gasteiger partial charge in [-0.1, -0.05) is 17.8 Å². The molecule has 0 saturated heterocycles. The van der Waals surface area contributed by atoms with Gasteiger partial charge in [0.05, 0.1) is 6.20 Å². The summed E-state index contributed by atoms with van der Waals surface area (Å²) in [5.74, 6) is 0.311. The second kappa shape index (κ2) is 9.17. The molecule has 0 aromatic carbocycles. The molecule has 28 heavy (non-hydrogen) atoms. The molecule has 0 atom stereocenters. The van der Waals surface area contributed by atoms with Gasteiger partial charge in [-0.25, -0.2) is 15.0 Å². The van der Waals surface area contributed by atoms with E-state index in [0.29, 0.717) is 18.6 Å². The molecule has 4 heterocycles. The Labute approximate surface area is 172 Å². The normalized spacial score (nSPS) is 13.8. The first-order chi connectivity index (χ1) is 13.8. The number of nitrogens with one attached hydrogen (secondary N) is 1. The Balaban J connectivity index is 1.57. The molecule has 0 unspecified atom stereocenters. The average Bonchev–Trinajstić information content (AvgIpc) is 3.28. The van der Waals surface area contributed by atoms with Crippen molar-refractivity contribution in [3.63, 3.8) is 0 Å². The van der Waals surface area contributed by atoms with Crippen LogP contribution in [0.2, 0.25) is 0 Å². The van der Waals surface area contributed by atoms with Gasteiger partial charge >= 0.3 is 0 Å². The fraction of sp³-hybridized carbons (Fsp3) is 0.500. The van der Waals surface area contributed by atoms with E-state index in [-0.39, 0.29) is 0 Å². The number of carbonyl (C=O) groups is 1. The minimum absolute atomic E-state index is 0.311. The number of ketones is 1. The molecule has 0 radical (unpaired) electrons. The van der Waals surface area contributed by atoms with E-state index in [1.54, 1.807) is 42.3 Å². The van der Waals surface area contributed by atoms with E-state index in [9.17, 15) is 4.79 Å². The lowest BCUT2D eigenvalue weighted by Gasteiger charge is -2.13. The molecule has 0 spiro atoms. The average molecular weight is 417 g/mol. The maximum atomic E-state index is 12.6. The Kier molecular flexibility index (Phi) is 6.41. The highest BCUT2D eigenvalue weighted by Gasteiger charge is 2.25. The standard InChI is InChI=1S/C20H24N4O2S2/c1-26-8-4-2-3-5-13(25)9-16-18(14-6-7-21-11-17(14)27-16)20-24-15-10-22-12-23-19(15)28-20/h10,12,21H,2-9,11H2,1H3. The maximum Gasteiger partial charge on any atom is 0.147 e. The summed E-state index contributed by atoms with van der Waals surface area (Å²) in [6.45, 7) is 2.61. The number of ether oxygens (including phenoxy) is 1. The lowest BCUT2D eigenvalue weighted by molar-refractivity contribution is -0.118. The lowest BCUT2D eigenvalue weighted by Crippen LogP contribution is -2.22. The van der Waals surface area contributed by atoms with E-state index in [1.165, 1.54) is 16.0 Å². The molecular formula is C20H24N4O2S2. The largest absolute Gasteiger partial charge is 0.385 e. The van der Waals surface area contributed by atoms with Gasteiger partial charge in [0.2, 0.25) is 0 Å². The van der Waals surface area contributed by atoms with Crippen molar-refractivity contribution in [2.24, 2.45) is 0 Å². The monoisotopic (exact) mass is 416 g/mol. The minimum Gasteiger partial charge on any atom is -0.385 e. The van der Waals surface area contributed by atoms with Gasteiger partial charge < -0.3 is 10.1 Å². The van der Waals surface area contributed by atoms with Crippen molar-refractivity contribution >= 4 is 38.8 Å². The molecule has 0 amide bonds. The number of thiazole rings is 1. The van der Waals surface area contributed by atoms with E-state index in [1.807, 2.05) is 0 Å². The number of carbonyl (C=O) groups excluding carboxylic acids is 1. The predicted octanol–water partition coefficient (Wildman–Crippen LogP) is 3.78. The number of thiophene rings is 1. The van der Waals surface area contributed by atoms with E-state index in [2.05, 4.69) is 15.3 Å². The third-order valence-electron chi connectivity index (χ3n) is 4.95. The van der Waals surface area contributed by atoms with Gasteiger partial charge in [-0.05, 0) is 31.4 Å². The van der Waals surface area contributed by atoms with Gasteiger partial charge in [-0.3, -0.25) is 4.79 Å². The number of fused-ring (bicyclic) bond motifs is 2. The van der Waals surface area contributed by atoms with Crippen LogP contribution in [0.4, 0.5) is 0 Å². The lowest BCUT2D eigenvalue weighted by atomic mass is 10.0. The van der Waals surface area contributed by atoms with Crippen LogP contribution in [0.25, 0.3) is 20.9 Å². The van der Waals surface area contributed by atoms with Crippen LogP contribution in [0, 0.1) is 0 Å². The van der Waals surface area contributed by atoms with Crippen LogP contribution in [0.15, 0.2) is 12.5 Å². The zero-order valence-electron chi connectivity index (χ0n) is 16.0. The molecule has 6 nitrogen and oxygen atoms in total. The molecular weight excluding hydrogens is 392 g/mol. The summed E-state index contributed by atoms with van der Waals surface area (Å²) in [6.07, 6.45) is 8.41. The van der Waals surface area contributed by atoms with Crippen molar-refractivity contribution in [3.05, 3.63) is 27.8 Å². The summed E-state index contributed by atoms with van der Waals surface area (Å²) in [4.78, 5) is 29.2. The molecule has 8 heteroatoms. The van der Waals surface area contributed by atoms with Crippen LogP contribution < -0.4 is 5.32 Å². The Morgan fingerprint density at radius 1 is 1.29 bits per heavy atom. The molecule has 0 saturated carbocycles. The molecule has 1 aliphatic heterocycles. The quantitative estimate of drug-likeness (QED) is 0.535. The van der Waals surface area contributed by atoms with Crippen molar-refractivity contribution in [3.8, 4) is 10.6 Å². The van der Waals surface area contributed by atoms with Crippen LogP contribution in [0.5, 0.6) is 0 Å². The number of methoxy groups -OCH3 is 1. The predicted molar refractivity (Wildman–Crippen MR) is 113 cm³/mol. The van der Waals surface area contributed by atoms with Crippen LogP contribution >= 0.6 is 22.7 Å². The van der Waals surface area contributed by atoms with Crippen molar-refractivity contribution in [1.29, 1.82) is 0 Å². The molecule has 3 aromatic heterocycles. The highest BCUT2D eigenvalue weighted by Crippen LogP contribution is 2.41. The molecule has 4 rings (SSSR count). The van der Waals surface area contributed by atoms with E-state index >= 15 is 0 Å². The van der Waals surface area contributed by atoms with Crippen LogP contribution in [0.3, 0.4) is 0 Å². The topological polar surface area (TPSA) is 77.0 Å². The van der Waals surface area contributed by atoms with Gasteiger partial charge in [-0.2, -0.15) is 0 Å². The molecule has 3 aromatic rings. The van der Waals surface area contributed by atoms with Crippen LogP contribution in [-0.4, -0.2) is 41.0 Å². The number of aromatic nitrogens is 3. The third kappa shape index (κ3) is 4.30. The third-order valence-corrected chi connectivity index (χ3v) is 7.18. The number of hydrogen-bond acceptors (Lipinski definition) is 8. The number of Topliss-reactive ketones (excluding diaryl/α,β-unsaturated/α-hetero) is 1. The van der Waals surface area contributed by atoms with Gasteiger partial charge in [0, 0.05) is 48.4 Å². The van der Waals surface area contributed by atoms with Crippen LogP contribution in [-0.2, 0) is 28.9 Å². The molecule has 0 fully saturated rings. The molecule has 148 valence electrons. The smallest absolute Gasteiger partial charge is 0.147 e. The van der Waals surface area contributed by atoms with E-state index in [4.69, 9.17) is 9.72 Å². The number of rotatable bonds is 9. The highest BCUT2D eigenvalue weighted by molar-refractivity contribution is 7.21. The molecule has 0 aliphatic carbocycles. The first-order valence-corrected chi connectivity index (χ1v) is 11.3. The number of unbranched alkanes of at least 4 members (excludes halogenated alkanes) is 2. The molecule has 0 bridgehead atoms. The Bertz CT molecular complexity index is 933. The summed E-state index contributed by atoms with van der Waals surface area (Å²) >= 11 is 3.36. The van der Waals surface area contributed by atoms with E-state index < -0.39 is 0 Å². The highest BCUT2D eigenvalue weighted by atomic mass is 32.1. The molecule has 1 N–H and O–H groups in total. The van der Waals surface area contributed by atoms with Crippen molar-refractivity contribution in [2.45, 2.75) is 45.1 Å². The fourth-order valence-electron chi connectivity index (χ4n) is 3.57. The summed E-state index contributed by atoms with van der Waals surface area (Å²) in [6, 6.07) is 0. The first kappa shape index (κ1) is 19.6. The first-order valence-electron chi connectivity index (χ1n) is 9.68. The Morgan fingerprint density at radius 3 is 3.07 bits per heavy atom. The van der Waals surface area contributed by atoms with Gasteiger partial charge in [-0.15, -0.1) is 11.3 Å². The van der Waals surface area contributed by atoms with Crippen molar-refractivity contribution < 1.29 is 9.53 Å². The summed E-state index contributed by atoms with van der Waals surface area (Å²) in [5, 5.41) is 4.41. The Hall–Kier alpha value is -1.74. The van der Waals surface area contributed by atoms with E-state index in [0.717, 1.165) is 65.6 Å². The summed E-state index contributed by atoms with van der Waals surface area (Å²) in [7, 11) is 1.72.